The number of hydrogen-bond donors (Lipinski definition) is 2. The second-order valence-corrected chi connectivity index (χ2v) is 4.66. The van der Waals surface area contributed by atoms with Crippen molar-refractivity contribution in [3.63, 3.8) is 0 Å². The summed E-state index contributed by atoms with van der Waals surface area (Å²) in [6.45, 7) is 0.889. The minimum Gasteiger partial charge on any atom is -0.370 e. The molecule has 108 valence electrons. The lowest BCUT2D eigenvalue weighted by molar-refractivity contribution is -0.133. The number of carbonyl (C=O) groups is 2. The van der Waals surface area contributed by atoms with Gasteiger partial charge in [-0.15, -0.1) is 0 Å². The molecule has 3 N–H and O–H groups in total. The Balaban J connectivity index is 2.18. The van der Waals surface area contributed by atoms with E-state index >= 15 is 0 Å². The maximum Gasteiger partial charge on any atom is 0.237 e. The summed E-state index contributed by atoms with van der Waals surface area (Å²) in [7, 11) is 0. The Morgan fingerprint density at radius 1 is 1.45 bits per heavy atom. The second-order valence-electron chi connectivity index (χ2n) is 4.66. The fourth-order valence-corrected chi connectivity index (χ4v) is 2.25. The van der Waals surface area contributed by atoms with E-state index in [9.17, 15) is 18.4 Å². The van der Waals surface area contributed by atoms with E-state index in [0.717, 1.165) is 6.07 Å². The van der Waals surface area contributed by atoms with Gasteiger partial charge >= 0.3 is 0 Å². The van der Waals surface area contributed by atoms with Gasteiger partial charge in [-0.25, -0.2) is 8.78 Å². The zero-order valence-corrected chi connectivity index (χ0v) is 10.7. The van der Waals surface area contributed by atoms with Crippen molar-refractivity contribution in [3.8, 4) is 0 Å². The quantitative estimate of drug-likeness (QED) is 0.825. The van der Waals surface area contributed by atoms with Gasteiger partial charge in [-0.1, -0.05) is 12.1 Å². The number of rotatable bonds is 4. The minimum absolute atomic E-state index is 0.0506. The lowest BCUT2D eigenvalue weighted by Gasteiger charge is -2.34. The Bertz CT molecular complexity index is 536. The summed E-state index contributed by atoms with van der Waals surface area (Å²) in [6.07, 6.45) is -0.150. The second kappa shape index (κ2) is 5.96. The van der Waals surface area contributed by atoms with E-state index in [1.165, 1.54) is 12.1 Å². The van der Waals surface area contributed by atoms with Crippen LogP contribution < -0.4 is 11.1 Å². The van der Waals surface area contributed by atoms with Gasteiger partial charge in [0.1, 0.15) is 0 Å². The molecule has 5 nitrogen and oxygen atoms in total. The van der Waals surface area contributed by atoms with E-state index in [1.54, 1.807) is 4.90 Å². The van der Waals surface area contributed by atoms with Crippen LogP contribution in [0.25, 0.3) is 0 Å². The van der Waals surface area contributed by atoms with Gasteiger partial charge in [0.15, 0.2) is 11.6 Å². The highest BCUT2D eigenvalue weighted by Gasteiger charge is 2.31. The molecule has 2 amide bonds. The number of halogens is 2. The molecule has 0 bridgehead atoms. The number of hydrogen-bond acceptors (Lipinski definition) is 3. The van der Waals surface area contributed by atoms with Crippen LogP contribution >= 0.6 is 0 Å². The first-order chi connectivity index (χ1) is 9.49. The maximum absolute atomic E-state index is 13.6. The van der Waals surface area contributed by atoms with Gasteiger partial charge < -0.3 is 11.1 Å². The summed E-state index contributed by atoms with van der Waals surface area (Å²) in [6, 6.07) is 3.14. The van der Waals surface area contributed by atoms with Crippen molar-refractivity contribution in [1.82, 2.24) is 10.2 Å². The molecule has 0 saturated carbocycles. The van der Waals surface area contributed by atoms with Crippen LogP contribution in [0.5, 0.6) is 0 Å². The van der Waals surface area contributed by atoms with Crippen LogP contribution in [0.4, 0.5) is 8.78 Å². The Hall–Kier alpha value is -2.02. The van der Waals surface area contributed by atoms with Crippen LogP contribution in [-0.2, 0) is 16.1 Å². The molecule has 1 aromatic rings. The number of nitrogens with one attached hydrogen (secondary N) is 1. The van der Waals surface area contributed by atoms with Crippen molar-refractivity contribution in [2.24, 2.45) is 5.73 Å². The summed E-state index contributed by atoms with van der Waals surface area (Å²) < 4.78 is 26.8. The van der Waals surface area contributed by atoms with Crippen LogP contribution in [0, 0.1) is 11.6 Å². The van der Waals surface area contributed by atoms with Crippen molar-refractivity contribution >= 4 is 11.8 Å². The molecule has 0 unspecified atom stereocenters. The SMILES string of the molecule is NC(=O)C[C@H]1C(=O)NCCN1Cc1cccc(F)c1F. The predicted octanol–water partition coefficient (Wildman–Crippen LogP) is 0.141. The monoisotopic (exact) mass is 283 g/mol. The third-order valence-corrected chi connectivity index (χ3v) is 3.24. The number of carbonyl (C=O) groups excluding carboxylic acids is 2. The van der Waals surface area contributed by atoms with Crippen molar-refractivity contribution in [3.05, 3.63) is 35.4 Å². The fourth-order valence-electron chi connectivity index (χ4n) is 2.25. The highest BCUT2D eigenvalue weighted by atomic mass is 19.2. The molecule has 1 saturated heterocycles. The first kappa shape index (κ1) is 14.4. The number of amides is 2. The molecule has 1 atom stereocenters. The topological polar surface area (TPSA) is 75.4 Å². The third-order valence-electron chi connectivity index (χ3n) is 3.24. The molecule has 1 aliphatic rings. The van der Waals surface area contributed by atoms with Gasteiger partial charge in [-0.3, -0.25) is 14.5 Å². The molecule has 0 radical (unpaired) electrons. The summed E-state index contributed by atoms with van der Waals surface area (Å²) in [5.41, 5.74) is 5.26. The zero-order valence-electron chi connectivity index (χ0n) is 10.7. The molecule has 0 spiro atoms. The Morgan fingerprint density at radius 3 is 2.90 bits per heavy atom. The van der Waals surface area contributed by atoms with E-state index in [1.807, 2.05) is 0 Å². The third kappa shape index (κ3) is 3.11. The molecule has 7 heteroatoms. The fraction of sp³-hybridized carbons (Fsp3) is 0.385. The molecule has 1 aliphatic heterocycles. The maximum atomic E-state index is 13.6. The van der Waals surface area contributed by atoms with E-state index in [4.69, 9.17) is 5.73 Å². The molecule has 1 aromatic carbocycles. The average molecular weight is 283 g/mol. The van der Waals surface area contributed by atoms with Crippen molar-refractivity contribution < 1.29 is 18.4 Å². The van der Waals surface area contributed by atoms with Crippen LogP contribution in [0.3, 0.4) is 0 Å². The molecule has 2 rings (SSSR count). The van der Waals surface area contributed by atoms with Gasteiger partial charge in [0.2, 0.25) is 11.8 Å². The molecule has 1 fully saturated rings. The Labute approximate surface area is 114 Å². The normalized spacial score (nSPS) is 19.7. The highest BCUT2D eigenvalue weighted by Crippen LogP contribution is 2.17. The van der Waals surface area contributed by atoms with Crippen LogP contribution in [0.1, 0.15) is 12.0 Å². The summed E-state index contributed by atoms with van der Waals surface area (Å²) in [5.74, 6) is -2.81. The number of nitrogens with zero attached hydrogens (tertiary/aromatic N) is 1. The summed E-state index contributed by atoms with van der Waals surface area (Å²) >= 11 is 0. The van der Waals surface area contributed by atoms with E-state index in [-0.39, 0.29) is 24.4 Å². The van der Waals surface area contributed by atoms with Crippen LogP contribution in [0.15, 0.2) is 18.2 Å². The Morgan fingerprint density at radius 2 is 2.20 bits per heavy atom. The number of primary amides is 1. The van der Waals surface area contributed by atoms with Crippen LogP contribution in [0.2, 0.25) is 0 Å². The number of nitrogens with two attached hydrogens (primary N) is 1. The Kier molecular flexibility index (Phi) is 4.29. The minimum atomic E-state index is -0.935. The lowest BCUT2D eigenvalue weighted by atomic mass is 10.1. The summed E-state index contributed by atoms with van der Waals surface area (Å²) in [4.78, 5) is 24.4. The van der Waals surface area contributed by atoms with Gasteiger partial charge in [-0.2, -0.15) is 0 Å². The molecule has 1 heterocycles. The zero-order chi connectivity index (χ0) is 14.7. The summed E-state index contributed by atoms with van der Waals surface area (Å²) in [5, 5.41) is 2.62. The van der Waals surface area contributed by atoms with E-state index in [0.29, 0.717) is 13.1 Å². The van der Waals surface area contributed by atoms with Gasteiger partial charge in [0.25, 0.3) is 0 Å². The van der Waals surface area contributed by atoms with Gasteiger partial charge in [0.05, 0.1) is 12.5 Å². The van der Waals surface area contributed by atoms with Gasteiger partial charge in [-0.05, 0) is 6.07 Å². The molecule has 0 aliphatic carbocycles. The van der Waals surface area contributed by atoms with Crippen molar-refractivity contribution in [2.45, 2.75) is 19.0 Å². The molecule has 0 aromatic heterocycles. The van der Waals surface area contributed by atoms with E-state index in [2.05, 4.69) is 5.32 Å². The standard InChI is InChI=1S/C13H15F2N3O2/c14-9-3-1-2-8(12(9)15)7-18-5-4-17-13(20)10(18)6-11(16)19/h1-3,10H,4-7H2,(H2,16,19)(H,17,20)/t10-/m0/s1. The number of piperazine rings is 1. The predicted molar refractivity (Wildman–Crippen MR) is 67.4 cm³/mol. The largest absolute Gasteiger partial charge is 0.370 e. The van der Waals surface area contributed by atoms with Gasteiger partial charge in [0, 0.05) is 25.2 Å². The first-order valence-corrected chi connectivity index (χ1v) is 6.22. The average Bonchev–Trinajstić information content (AvgIpc) is 2.38. The van der Waals surface area contributed by atoms with E-state index < -0.39 is 23.6 Å². The smallest absolute Gasteiger partial charge is 0.237 e. The molecular weight excluding hydrogens is 268 g/mol. The van der Waals surface area contributed by atoms with Crippen LogP contribution in [-0.4, -0.2) is 35.8 Å². The first-order valence-electron chi connectivity index (χ1n) is 6.22. The van der Waals surface area contributed by atoms with Crippen molar-refractivity contribution in [1.29, 1.82) is 0 Å². The molecule has 20 heavy (non-hydrogen) atoms. The molecular formula is C13H15F2N3O2. The lowest BCUT2D eigenvalue weighted by Crippen LogP contribution is -2.55. The highest BCUT2D eigenvalue weighted by molar-refractivity contribution is 5.88. The van der Waals surface area contributed by atoms with Crippen molar-refractivity contribution in [2.75, 3.05) is 13.1 Å². The number of benzene rings is 1.